The molecule has 0 aliphatic rings. The Kier molecular flexibility index (Phi) is 6.40. The van der Waals surface area contributed by atoms with Crippen LogP contribution in [0.3, 0.4) is 0 Å². The molecule has 0 atom stereocenters. The van der Waals surface area contributed by atoms with Crippen molar-refractivity contribution in [3.8, 4) is 10.4 Å². The summed E-state index contributed by atoms with van der Waals surface area (Å²) in [5, 5.41) is 11.6. The molecule has 2 N–H and O–H groups in total. The van der Waals surface area contributed by atoms with E-state index in [1.165, 1.54) is 18.4 Å². The lowest BCUT2D eigenvalue weighted by molar-refractivity contribution is 0.0602. The summed E-state index contributed by atoms with van der Waals surface area (Å²) in [4.78, 5) is 13.2. The number of rotatable bonds is 6. The molecule has 6 nitrogen and oxygen atoms in total. The summed E-state index contributed by atoms with van der Waals surface area (Å²) in [6.45, 7) is 0.667. The van der Waals surface area contributed by atoms with Gasteiger partial charge in [0.25, 0.3) is 0 Å². The molecule has 8 heteroatoms. The van der Waals surface area contributed by atoms with Crippen molar-refractivity contribution in [2.45, 2.75) is 6.54 Å². The van der Waals surface area contributed by atoms with E-state index < -0.39 is 5.97 Å². The second-order valence-electron chi connectivity index (χ2n) is 6.67. The maximum atomic E-state index is 12.3. The second kappa shape index (κ2) is 9.55. The lowest BCUT2D eigenvalue weighted by Gasteiger charge is -2.08. The number of methoxy groups -OCH3 is 1. The molecule has 0 unspecified atom stereocenters. The molecule has 2 heterocycles. The molecule has 4 rings (SSSR count). The first-order valence-corrected chi connectivity index (χ1v) is 10.8. The van der Waals surface area contributed by atoms with Crippen LogP contribution in [-0.4, -0.2) is 28.0 Å². The topological polar surface area (TPSA) is 68.2 Å². The summed E-state index contributed by atoms with van der Waals surface area (Å²) in [5.74, 6) is 0.198. The molecule has 31 heavy (non-hydrogen) atoms. The highest BCUT2D eigenvalue weighted by Crippen LogP contribution is 2.36. The van der Waals surface area contributed by atoms with Gasteiger partial charge in [-0.2, -0.15) is 5.10 Å². The van der Waals surface area contributed by atoms with Crippen LogP contribution in [0, 0.1) is 0 Å². The number of ether oxygens (including phenoxy) is 1. The van der Waals surface area contributed by atoms with Crippen LogP contribution < -0.4 is 10.6 Å². The Balaban J connectivity index is 1.47. The van der Waals surface area contributed by atoms with Crippen LogP contribution in [0.5, 0.6) is 0 Å². The average Bonchev–Trinajstić information content (AvgIpc) is 3.41. The number of nitrogens with one attached hydrogen (secondary N) is 2. The minimum absolute atomic E-state index is 0.344. The molecule has 0 aliphatic carbocycles. The highest BCUT2D eigenvalue weighted by atomic mass is 32.1. The van der Waals surface area contributed by atoms with Gasteiger partial charge in [-0.05, 0) is 29.4 Å². The maximum absolute atomic E-state index is 12.3. The van der Waals surface area contributed by atoms with Gasteiger partial charge in [-0.25, -0.2) is 4.79 Å². The Hall–Kier alpha value is -3.49. The first-order chi connectivity index (χ1) is 15.1. The molecular formula is C23H20N4O2S2. The third-order valence-electron chi connectivity index (χ3n) is 4.49. The largest absolute Gasteiger partial charge is 0.465 e. The van der Waals surface area contributed by atoms with E-state index in [4.69, 9.17) is 17.0 Å². The Morgan fingerprint density at radius 1 is 1.06 bits per heavy atom. The molecule has 0 aliphatic heterocycles. The predicted octanol–water partition coefficient (Wildman–Crippen LogP) is 5.26. The number of carbonyl (C=O) groups is 1. The standard InChI is InChI=1S/C23H20N4O2S2/c1-29-22(28)18-14-19(17-10-6-3-7-11-17)31-21(18)25-23(30)24-20-12-13-27(26-20)15-16-8-4-2-5-9-16/h2-14H,15H2,1H3,(H2,24,25,26,30). The fourth-order valence-corrected chi connectivity index (χ4v) is 4.35. The number of carbonyl (C=O) groups excluding carboxylic acids is 1. The fraction of sp³-hybridized carbons (Fsp3) is 0.0870. The Bertz CT molecular complexity index is 1190. The van der Waals surface area contributed by atoms with Crippen molar-refractivity contribution in [1.82, 2.24) is 9.78 Å². The van der Waals surface area contributed by atoms with Crippen LogP contribution in [0.2, 0.25) is 0 Å². The monoisotopic (exact) mass is 448 g/mol. The van der Waals surface area contributed by atoms with Crippen LogP contribution in [0.1, 0.15) is 15.9 Å². The summed E-state index contributed by atoms with van der Waals surface area (Å²) >= 11 is 6.89. The van der Waals surface area contributed by atoms with Crippen LogP contribution in [0.25, 0.3) is 10.4 Å². The Morgan fingerprint density at radius 2 is 1.77 bits per heavy atom. The van der Waals surface area contributed by atoms with Crippen molar-refractivity contribution in [2.24, 2.45) is 0 Å². The molecule has 4 aromatic rings. The van der Waals surface area contributed by atoms with E-state index in [1.807, 2.05) is 71.5 Å². The number of hydrogen-bond donors (Lipinski definition) is 2. The molecule has 2 aromatic heterocycles. The van der Waals surface area contributed by atoms with Gasteiger partial charge in [0.2, 0.25) is 0 Å². The van der Waals surface area contributed by atoms with E-state index in [2.05, 4.69) is 27.9 Å². The summed E-state index contributed by atoms with van der Waals surface area (Å²) < 4.78 is 6.77. The van der Waals surface area contributed by atoms with Gasteiger partial charge in [0, 0.05) is 17.1 Å². The molecule has 0 amide bonds. The zero-order valence-corrected chi connectivity index (χ0v) is 18.4. The van der Waals surface area contributed by atoms with Crippen molar-refractivity contribution in [3.63, 3.8) is 0 Å². The van der Waals surface area contributed by atoms with Gasteiger partial charge in [0.1, 0.15) is 5.00 Å². The molecule has 0 bridgehead atoms. The first kappa shape index (κ1) is 20.8. The molecule has 0 saturated heterocycles. The molecule has 0 spiro atoms. The van der Waals surface area contributed by atoms with Gasteiger partial charge < -0.3 is 15.4 Å². The van der Waals surface area contributed by atoms with Crippen molar-refractivity contribution >= 4 is 45.5 Å². The van der Waals surface area contributed by atoms with Crippen molar-refractivity contribution in [3.05, 3.63) is 90.1 Å². The van der Waals surface area contributed by atoms with E-state index in [9.17, 15) is 4.79 Å². The number of esters is 1. The lowest BCUT2D eigenvalue weighted by Crippen LogP contribution is -2.20. The van der Waals surface area contributed by atoms with Crippen LogP contribution in [0.15, 0.2) is 79.0 Å². The number of anilines is 2. The van der Waals surface area contributed by atoms with Gasteiger partial charge in [-0.1, -0.05) is 60.7 Å². The van der Waals surface area contributed by atoms with E-state index >= 15 is 0 Å². The Labute approximate surface area is 189 Å². The highest BCUT2D eigenvalue weighted by molar-refractivity contribution is 7.80. The third-order valence-corrected chi connectivity index (χ3v) is 5.80. The number of aromatic nitrogens is 2. The van der Waals surface area contributed by atoms with Gasteiger partial charge in [0.05, 0.1) is 19.2 Å². The van der Waals surface area contributed by atoms with Crippen molar-refractivity contribution in [1.29, 1.82) is 0 Å². The molecule has 2 aromatic carbocycles. The van der Waals surface area contributed by atoms with Gasteiger partial charge in [0.15, 0.2) is 10.9 Å². The van der Waals surface area contributed by atoms with Crippen LogP contribution in [-0.2, 0) is 11.3 Å². The van der Waals surface area contributed by atoms with Gasteiger partial charge in [-0.3, -0.25) is 4.68 Å². The van der Waals surface area contributed by atoms with Crippen molar-refractivity contribution < 1.29 is 9.53 Å². The quantitative estimate of drug-likeness (QED) is 0.310. The normalized spacial score (nSPS) is 10.5. The maximum Gasteiger partial charge on any atom is 0.340 e. The van der Waals surface area contributed by atoms with Crippen molar-refractivity contribution in [2.75, 3.05) is 17.7 Å². The van der Waals surface area contributed by atoms with Crippen LogP contribution in [0.4, 0.5) is 10.8 Å². The van der Waals surface area contributed by atoms with E-state index in [0.717, 1.165) is 16.0 Å². The molecular weight excluding hydrogens is 428 g/mol. The lowest BCUT2D eigenvalue weighted by atomic mass is 10.1. The van der Waals surface area contributed by atoms with Gasteiger partial charge in [-0.15, -0.1) is 11.3 Å². The minimum atomic E-state index is -0.420. The minimum Gasteiger partial charge on any atom is -0.465 e. The summed E-state index contributed by atoms with van der Waals surface area (Å²) in [6, 6.07) is 23.6. The number of benzene rings is 2. The molecule has 0 fully saturated rings. The zero-order valence-electron chi connectivity index (χ0n) is 16.7. The number of thiophene rings is 1. The van der Waals surface area contributed by atoms with E-state index in [-0.39, 0.29) is 0 Å². The Morgan fingerprint density at radius 3 is 2.48 bits per heavy atom. The highest BCUT2D eigenvalue weighted by Gasteiger charge is 2.18. The third kappa shape index (κ3) is 5.17. The molecule has 0 radical (unpaired) electrons. The summed E-state index contributed by atoms with van der Waals surface area (Å²) in [6.07, 6.45) is 1.89. The zero-order chi connectivity index (χ0) is 21.6. The van der Waals surface area contributed by atoms with E-state index in [0.29, 0.717) is 28.0 Å². The first-order valence-electron chi connectivity index (χ1n) is 9.55. The molecule has 0 saturated carbocycles. The smallest absolute Gasteiger partial charge is 0.340 e. The summed E-state index contributed by atoms with van der Waals surface area (Å²) in [5.41, 5.74) is 2.61. The number of hydrogen-bond acceptors (Lipinski definition) is 5. The fourth-order valence-electron chi connectivity index (χ4n) is 3.03. The number of thiocarbonyl (C=S) groups is 1. The van der Waals surface area contributed by atoms with Gasteiger partial charge >= 0.3 is 5.97 Å². The summed E-state index contributed by atoms with van der Waals surface area (Å²) in [7, 11) is 1.36. The predicted molar refractivity (Wildman–Crippen MR) is 129 cm³/mol. The number of nitrogens with zero attached hydrogens (tertiary/aromatic N) is 2. The SMILES string of the molecule is COC(=O)c1cc(-c2ccccc2)sc1NC(=S)Nc1ccn(Cc2ccccc2)n1. The second-order valence-corrected chi connectivity index (χ2v) is 8.13. The molecule has 156 valence electrons. The van der Waals surface area contributed by atoms with E-state index in [1.54, 1.807) is 0 Å². The van der Waals surface area contributed by atoms with Crippen LogP contribution >= 0.6 is 23.6 Å². The average molecular weight is 449 g/mol.